The highest BCUT2D eigenvalue weighted by Crippen LogP contribution is 2.30. The first-order chi connectivity index (χ1) is 16.2. The van der Waals surface area contributed by atoms with Gasteiger partial charge in [0.1, 0.15) is 11.5 Å². The summed E-state index contributed by atoms with van der Waals surface area (Å²) in [6.07, 6.45) is 3.41. The van der Waals surface area contributed by atoms with Crippen LogP contribution in [-0.2, 0) is 11.3 Å². The molecular weight excluding hydrogens is 414 g/mol. The highest BCUT2D eigenvalue weighted by Gasteiger charge is 2.29. The molecule has 1 fully saturated rings. The molecule has 1 saturated heterocycles. The SMILES string of the molecule is COc1cccc(CN2CCC(C(=O)NC(c3ccccn3)c3ccccc3OC)CC2)c1. The molecule has 2 heterocycles. The first kappa shape index (κ1) is 22.8. The number of aromatic nitrogens is 1. The third-order valence-electron chi connectivity index (χ3n) is 6.22. The van der Waals surface area contributed by atoms with Crippen molar-refractivity contribution in [3.8, 4) is 11.5 Å². The average Bonchev–Trinajstić information content (AvgIpc) is 2.88. The number of likely N-dealkylation sites (tertiary alicyclic amines) is 1. The van der Waals surface area contributed by atoms with Crippen LogP contribution in [0.4, 0.5) is 0 Å². The minimum absolute atomic E-state index is 0.0209. The van der Waals surface area contributed by atoms with Crippen molar-refractivity contribution in [2.45, 2.75) is 25.4 Å². The number of methoxy groups -OCH3 is 2. The number of benzene rings is 2. The normalized spacial score (nSPS) is 15.6. The second-order valence-corrected chi connectivity index (χ2v) is 8.34. The lowest BCUT2D eigenvalue weighted by atomic mass is 9.94. The number of hydrogen-bond acceptors (Lipinski definition) is 5. The average molecular weight is 446 g/mol. The lowest BCUT2D eigenvalue weighted by Crippen LogP contribution is -2.41. The van der Waals surface area contributed by atoms with Crippen LogP contribution in [0.15, 0.2) is 72.9 Å². The van der Waals surface area contributed by atoms with Crippen molar-refractivity contribution in [2.75, 3.05) is 27.3 Å². The maximum absolute atomic E-state index is 13.3. The molecular formula is C27H31N3O3. The molecule has 1 unspecified atom stereocenters. The van der Waals surface area contributed by atoms with Crippen LogP contribution < -0.4 is 14.8 Å². The van der Waals surface area contributed by atoms with Gasteiger partial charge in [-0.15, -0.1) is 0 Å². The van der Waals surface area contributed by atoms with E-state index in [9.17, 15) is 4.79 Å². The first-order valence-electron chi connectivity index (χ1n) is 11.4. The quantitative estimate of drug-likeness (QED) is 0.563. The third kappa shape index (κ3) is 5.71. The fourth-order valence-electron chi connectivity index (χ4n) is 4.41. The maximum atomic E-state index is 13.3. The minimum Gasteiger partial charge on any atom is -0.497 e. The van der Waals surface area contributed by atoms with E-state index in [1.807, 2.05) is 54.6 Å². The lowest BCUT2D eigenvalue weighted by Gasteiger charge is -2.32. The predicted molar refractivity (Wildman–Crippen MR) is 128 cm³/mol. The van der Waals surface area contributed by atoms with Crippen LogP contribution >= 0.6 is 0 Å². The molecule has 4 rings (SSSR count). The molecule has 0 spiro atoms. The molecule has 1 amide bonds. The zero-order chi connectivity index (χ0) is 23.0. The van der Waals surface area contributed by atoms with E-state index in [4.69, 9.17) is 9.47 Å². The van der Waals surface area contributed by atoms with Gasteiger partial charge in [-0.25, -0.2) is 0 Å². The summed E-state index contributed by atoms with van der Waals surface area (Å²) in [5, 5.41) is 3.26. The smallest absolute Gasteiger partial charge is 0.224 e. The summed E-state index contributed by atoms with van der Waals surface area (Å²) in [6, 6.07) is 21.3. The molecule has 1 aliphatic rings. The number of hydrogen-bond donors (Lipinski definition) is 1. The third-order valence-corrected chi connectivity index (χ3v) is 6.22. The van der Waals surface area contributed by atoms with Crippen molar-refractivity contribution < 1.29 is 14.3 Å². The Morgan fingerprint density at radius 1 is 1.03 bits per heavy atom. The molecule has 0 radical (unpaired) electrons. The number of nitrogens with one attached hydrogen (secondary N) is 1. The zero-order valence-corrected chi connectivity index (χ0v) is 19.2. The molecule has 6 heteroatoms. The first-order valence-corrected chi connectivity index (χ1v) is 11.4. The Bertz CT molecular complexity index is 1050. The van der Waals surface area contributed by atoms with Gasteiger partial charge in [0.25, 0.3) is 0 Å². The van der Waals surface area contributed by atoms with Gasteiger partial charge in [-0.3, -0.25) is 14.7 Å². The number of nitrogens with zero attached hydrogens (tertiary/aromatic N) is 2. The molecule has 0 bridgehead atoms. The number of carbonyl (C=O) groups excluding carboxylic acids is 1. The van der Waals surface area contributed by atoms with Crippen LogP contribution in [0, 0.1) is 5.92 Å². The van der Waals surface area contributed by atoms with Gasteiger partial charge in [0, 0.05) is 24.2 Å². The van der Waals surface area contributed by atoms with Crippen molar-refractivity contribution in [3.05, 3.63) is 89.7 Å². The Labute approximate surface area is 195 Å². The number of ether oxygens (including phenoxy) is 2. The van der Waals surface area contributed by atoms with E-state index >= 15 is 0 Å². The number of piperidine rings is 1. The van der Waals surface area contributed by atoms with E-state index < -0.39 is 0 Å². The number of carbonyl (C=O) groups is 1. The standard InChI is InChI=1S/C27H31N3O3/c1-32-22-9-7-8-20(18-22)19-30-16-13-21(14-17-30)27(31)29-26(24-11-5-6-15-28-24)23-10-3-4-12-25(23)33-2/h3-12,15,18,21,26H,13-14,16-17,19H2,1-2H3,(H,29,31). The molecule has 33 heavy (non-hydrogen) atoms. The number of rotatable bonds is 8. The minimum atomic E-state index is -0.357. The summed E-state index contributed by atoms with van der Waals surface area (Å²) in [7, 11) is 3.33. The molecule has 0 aliphatic carbocycles. The van der Waals surface area contributed by atoms with E-state index in [-0.39, 0.29) is 17.9 Å². The Hall–Kier alpha value is -3.38. The fraction of sp³-hybridized carbons (Fsp3) is 0.333. The van der Waals surface area contributed by atoms with Crippen LogP contribution in [0.1, 0.15) is 35.7 Å². The molecule has 3 aromatic rings. The fourth-order valence-corrected chi connectivity index (χ4v) is 4.41. The Morgan fingerprint density at radius 3 is 2.55 bits per heavy atom. The van der Waals surface area contributed by atoms with Gasteiger partial charge in [-0.2, -0.15) is 0 Å². The van der Waals surface area contributed by atoms with Crippen LogP contribution in [0.2, 0.25) is 0 Å². The van der Waals surface area contributed by atoms with Crippen molar-refractivity contribution >= 4 is 5.91 Å². The monoisotopic (exact) mass is 445 g/mol. The van der Waals surface area contributed by atoms with E-state index in [0.29, 0.717) is 0 Å². The molecule has 2 aromatic carbocycles. The molecule has 0 saturated carbocycles. The summed E-state index contributed by atoms with van der Waals surface area (Å²) in [5.41, 5.74) is 2.93. The van der Waals surface area contributed by atoms with Gasteiger partial charge >= 0.3 is 0 Å². The van der Waals surface area contributed by atoms with E-state index in [0.717, 1.165) is 55.2 Å². The molecule has 6 nitrogen and oxygen atoms in total. The Morgan fingerprint density at radius 2 is 1.82 bits per heavy atom. The van der Waals surface area contributed by atoms with Gasteiger partial charge in [0.2, 0.25) is 5.91 Å². The highest BCUT2D eigenvalue weighted by molar-refractivity contribution is 5.79. The van der Waals surface area contributed by atoms with Crippen LogP contribution in [-0.4, -0.2) is 43.1 Å². The highest BCUT2D eigenvalue weighted by atomic mass is 16.5. The van der Waals surface area contributed by atoms with E-state index in [1.165, 1.54) is 5.56 Å². The summed E-state index contributed by atoms with van der Waals surface area (Å²) >= 11 is 0. The van der Waals surface area contributed by atoms with E-state index in [2.05, 4.69) is 27.3 Å². The molecule has 1 aliphatic heterocycles. The topological polar surface area (TPSA) is 63.7 Å². The van der Waals surface area contributed by atoms with Crippen LogP contribution in [0.5, 0.6) is 11.5 Å². The van der Waals surface area contributed by atoms with Crippen molar-refractivity contribution in [1.29, 1.82) is 0 Å². The lowest BCUT2D eigenvalue weighted by molar-refractivity contribution is -0.127. The predicted octanol–water partition coefficient (Wildman–Crippen LogP) is 4.22. The van der Waals surface area contributed by atoms with Gasteiger partial charge < -0.3 is 14.8 Å². The summed E-state index contributed by atoms with van der Waals surface area (Å²) in [5.74, 6) is 1.66. The second kappa shape index (κ2) is 11.0. The van der Waals surface area contributed by atoms with Gasteiger partial charge in [-0.05, 0) is 61.8 Å². The summed E-state index contributed by atoms with van der Waals surface area (Å²) in [6.45, 7) is 2.64. The van der Waals surface area contributed by atoms with Gasteiger partial charge in [0.15, 0.2) is 0 Å². The maximum Gasteiger partial charge on any atom is 0.224 e. The van der Waals surface area contributed by atoms with Crippen molar-refractivity contribution in [1.82, 2.24) is 15.2 Å². The number of amides is 1. The second-order valence-electron chi connectivity index (χ2n) is 8.34. The van der Waals surface area contributed by atoms with Crippen molar-refractivity contribution in [3.63, 3.8) is 0 Å². The molecule has 1 atom stereocenters. The number of para-hydroxylation sites is 1. The van der Waals surface area contributed by atoms with Crippen LogP contribution in [0.25, 0.3) is 0 Å². The number of pyridine rings is 1. The van der Waals surface area contributed by atoms with Gasteiger partial charge in [-0.1, -0.05) is 36.4 Å². The van der Waals surface area contributed by atoms with Crippen molar-refractivity contribution in [2.24, 2.45) is 5.92 Å². The molecule has 1 N–H and O–H groups in total. The zero-order valence-electron chi connectivity index (χ0n) is 19.2. The summed E-state index contributed by atoms with van der Waals surface area (Å²) in [4.78, 5) is 20.2. The van der Waals surface area contributed by atoms with Crippen LogP contribution in [0.3, 0.4) is 0 Å². The van der Waals surface area contributed by atoms with E-state index in [1.54, 1.807) is 20.4 Å². The van der Waals surface area contributed by atoms with Gasteiger partial charge in [0.05, 0.1) is 26.0 Å². The summed E-state index contributed by atoms with van der Waals surface area (Å²) < 4.78 is 10.9. The Balaban J connectivity index is 1.41. The Kier molecular flexibility index (Phi) is 7.58. The molecule has 172 valence electrons. The largest absolute Gasteiger partial charge is 0.497 e. The molecule has 1 aromatic heterocycles.